The number of amides is 1. The number of carbonyl (C=O) groups excluding carboxylic acids is 1. The number of aryl methyl sites for hydroxylation is 1. The Kier molecular flexibility index (Phi) is 6.44. The number of ether oxygens (including phenoxy) is 1. The largest absolute Gasteiger partial charge is 0.495 e. The second kappa shape index (κ2) is 9.60. The standard InChI is InChI=1S/C25H26N4O4/c1-17-7-3-4-8-19(17)24(30)27-18-15-20(25(31)32)23(26-16-18)29-13-11-28(12-14-29)21-9-5-6-10-22(21)33-2/h3-10,15-16H,11-14H2,1-2H3,(H,27,30)(H,31,32). The van der Waals surface area contributed by atoms with E-state index in [0.29, 0.717) is 43.2 Å². The Morgan fingerprint density at radius 3 is 2.33 bits per heavy atom. The first-order valence-corrected chi connectivity index (χ1v) is 10.7. The molecule has 170 valence electrons. The van der Waals surface area contributed by atoms with Crippen LogP contribution in [0.5, 0.6) is 5.75 Å². The fourth-order valence-corrected chi connectivity index (χ4v) is 4.01. The maximum atomic E-state index is 12.6. The highest BCUT2D eigenvalue weighted by Gasteiger charge is 2.24. The van der Waals surface area contributed by atoms with Gasteiger partial charge in [-0.05, 0) is 36.8 Å². The molecule has 0 radical (unpaired) electrons. The third kappa shape index (κ3) is 4.74. The highest BCUT2D eigenvalue weighted by atomic mass is 16.5. The predicted octanol–water partition coefficient (Wildman–Crippen LogP) is 3.68. The van der Waals surface area contributed by atoms with Crippen molar-refractivity contribution in [1.82, 2.24) is 4.98 Å². The minimum absolute atomic E-state index is 0.0586. The van der Waals surface area contributed by atoms with E-state index in [9.17, 15) is 14.7 Å². The number of anilines is 3. The minimum Gasteiger partial charge on any atom is -0.495 e. The molecule has 0 bridgehead atoms. The number of nitrogens with zero attached hydrogens (tertiary/aromatic N) is 3. The van der Waals surface area contributed by atoms with Crippen LogP contribution in [-0.2, 0) is 0 Å². The number of aromatic carboxylic acids is 1. The Morgan fingerprint density at radius 1 is 0.970 bits per heavy atom. The highest BCUT2D eigenvalue weighted by molar-refractivity contribution is 6.06. The van der Waals surface area contributed by atoms with Gasteiger partial charge in [-0.2, -0.15) is 0 Å². The Balaban J connectivity index is 1.50. The Hall–Kier alpha value is -4.07. The molecule has 1 aliphatic rings. The second-order valence-corrected chi connectivity index (χ2v) is 7.82. The van der Waals surface area contributed by atoms with Gasteiger partial charge in [0.05, 0.1) is 24.7 Å². The Labute approximate surface area is 192 Å². The van der Waals surface area contributed by atoms with E-state index in [1.807, 2.05) is 48.2 Å². The average Bonchev–Trinajstić information content (AvgIpc) is 2.84. The minimum atomic E-state index is -1.09. The number of para-hydroxylation sites is 2. The fraction of sp³-hybridized carbons (Fsp3) is 0.240. The van der Waals surface area contributed by atoms with Gasteiger partial charge in [0.2, 0.25) is 0 Å². The molecule has 0 spiro atoms. The van der Waals surface area contributed by atoms with Crippen LogP contribution in [0.2, 0.25) is 0 Å². The van der Waals surface area contributed by atoms with Crippen molar-refractivity contribution in [2.24, 2.45) is 0 Å². The van der Waals surface area contributed by atoms with E-state index in [4.69, 9.17) is 4.74 Å². The van der Waals surface area contributed by atoms with E-state index >= 15 is 0 Å². The van der Waals surface area contributed by atoms with E-state index in [2.05, 4.69) is 15.2 Å². The number of hydrogen-bond donors (Lipinski definition) is 2. The molecule has 3 aromatic rings. The van der Waals surface area contributed by atoms with Gasteiger partial charge in [0.25, 0.3) is 5.91 Å². The van der Waals surface area contributed by atoms with Gasteiger partial charge in [-0.1, -0.05) is 30.3 Å². The maximum absolute atomic E-state index is 12.6. The summed E-state index contributed by atoms with van der Waals surface area (Å²) in [5, 5.41) is 12.6. The van der Waals surface area contributed by atoms with Crippen molar-refractivity contribution in [3.05, 3.63) is 77.5 Å². The number of rotatable bonds is 6. The van der Waals surface area contributed by atoms with Crippen molar-refractivity contribution in [2.75, 3.05) is 48.4 Å². The number of carboxylic acid groups (broad SMARTS) is 1. The molecule has 2 aromatic carbocycles. The summed E-state index contributed by atoms with van der Waals surface area (Å²) >= 11 is 0. The molecule has 1 fully saturated rings. The highest BCUT2D eigenvalue weighted by Crippen LogP contribution is 2.30. The molecule has 1 saturated heterocycles. The normalized spacial score (nSPS) is 13.5. The molecule has 1 aromatic heterocycles. The van der Waals surface area contributed by atoms with Crippen LogP contribution >= 0.6 is 0 Å². The van der Waals surface area contributed by atoms with E-state index in [-0.39, 0.29) is 11.5 Å². The molecule has 0 aliphatic carbocycles. The SMILES string of the molecule is COc1ccccc1N1CCN(c2ncc(NC(=O)c3ccccc3C)cc2C(=O)O)CC1. The first kappa shape index (κ1) is 22.1. The molecule has 1 aliphatic heterocycles. The molecule has 0 saturated carbocycles. The number of carboxylic acids is 1. The van der Waals surface area contributed by atoms with E-state index in [0.717, 1.165) is 17.0 Å². The number of benzene rings is 2. The van der Waals surface area contributed by atoms with Crippen molar-refractivity contribution in [2.45, 2.75) is 6.92 Å². The summed E-state index contributed by atoms with van der Waals surface area (Å²) < 4.78 is 5.46. The zero-order valence-electron chi connectivity index (χ0n) is 18.6. The summed E-state index contributed by atoms with van der Waals surface area (Å²) in [6.45, 7) is 4.48. The van der Waals surface area contributed by atoms with Crippen molar-refractivity contribution in [1.29, 1.82) is 0 Å². The predicted molar refractivity (Wildman–Crippen MR) is 128 cm³/mol. The van der Waals surface area contributed by atoms with Crippen molar-refractivity contribution < 1.29 is 19.4 Å². The van der Waals surface area contributed by atoms with Crippen LogP contribution in [0.4, 0.5) is 17.2 Å². The first-order chi connectivity index (χ1) is 16.0. The Bertz CT molecular complexity index is 1170. The lowest BCUT2D eigenvalue weighted by Gasteiger charge is -2.37. The molecule has 2 N–H and O–H groups in total. The number of hydrogen-bond acceptors (Lipinski definition) is 6. The molecular formula is C25H26N4O4. The van der Waals surface area contributed by atoms with Crippen molar-refractivity contribution in [3.63, 3.8) is 0 Å². The topological polar surface area (TPSA) is 95.0 Å². The van der Waals surface area contributed by atoms with Crippen LogP contribution in [0.15, 0.2) is 60.8 Å². The van der Waals surface area contributed by atoms with E-state index in [1.165, 1.54) is 12.3 Å². The van der Waals surface area contributed by atoms with Crippen LogP contribution < -0.4 is 19.9 Å². The summed E-state index contributed by atoms with van der Waals surface area (Å²) in [4.78, 5) is 33.2. The molecule has 2 heterocycles. The third-order valence-electron chi connectivity index (χ3n) is 5.75. The first-order valence-electron chi connectivity index (χ1n) is 10.7. The summed E-state index contributed by atoms with van der Waals surface area (Å²) in [5.41, 5.74) is 2.79. The third-order valence-corrected chi connectivity index (χ3v) is 5.75. The molecule has 4 rings (SSSR count). The molecule has 8 heteroatoms. The number of aromatic nitrogens is 1. The van der Waals surface area contributed by atoms with Crippen molar-refractivity contribution in [3.8, 4) is 5.75 Å². The molecule has 0 unspecified atom stereocenters. The van der Waals surface area contributed by atoms with Gasteiger partial charge < -0.3 is 25.0 Å². The van der Waals surface area contributed by atoms with Gasteiger partial charge in [0.1, 0.15) is 17.1 Å². The smallest absolute Gasteiger partial charge is 0.339 e. The fourth-order valence-electron chi connectivity index (χ4n) is 4.01. The van der Waals surface area contributed by atoms with Crippen LogP contribution in [0.3, 0.4) is 0 Å². The van der Waals surface area contributed by atoms with Gasteiger partial charge in [0.15, 0.2) is 0 Å². The monoisotopic (exact) mass is 446 g/mol. The second-order valence-electron chi connectivity index (χ2n) is 7.82. The van der Waals surface area contributed by atoms with Gasteiger partial charge in [-0.3, -0.25) is 4.79 Å². The lowest BCUT2D eigenvalue weighted by Crippen LogP contribution is -2.47. The lowest BCUT2D eigenvalue weighted by atomic mass is 10.1. The summed E-state index contributed by atoms with van der Waals surface area (Å²) in [6.07, 6.45) is 1.50. The quantitative estimate of drug-likeness (QED) is 0.596. The molecule has 8 nitrogen and oxygen atoms in total. The molecule has 0 atom stereocenters. The number of methoxy groups -OCH3 is 1. The number of nitrogens with one attached hydrogen (secondary N) is 1. The van der Waals surface area contributed by atoms with Gasteiger partial charge in [-0.15, -0.1) is 0 Å². The van der Waals surface area contributed by atoms with E-state index in [1.54, 1.807) is 19.2 Å². The zero-order chi connectivity index (χ0) is 23.4. The maximum Gasteiger partial charge on any atom is 0.339 e. The molecular weight excluding hydrogens is 420 g/mol. The van der Waals surface area contributed by atoms with Crippen LogP contribution in [-0.4, -0.2) is 55.3 Å². The van der Waals surface area contributed by atoms with Crippen molar-refractivity contribution >= 4 is 29.1 Å². The summed E-state index contributed by atoms with van der Waals surface area (Å²) in [7, 11) is 1.65. The van der Waals surface area contributed by atoms with Crippen LogP contribution in [0.1, 0.15) is 26.3 Å². The van der Waals surface area contributed by atoms with Gasteiger partial charge in [0, 0.05) is 31.7 Å². The lowest BCUT2D eigenvalue weighted by molar-refractivity contribution is 0.0696. The number of carbonyl (C=O) groups is 2. The molecule has 33 heavy (non-hydrogen) atoms. The average molecular weight is 447 g/mol. The summed E-state index contributed by atoms with van der Waals surface area (Å²) in [6, 6.07) is 16.5. The van der Waals surface area contributed by atoms with Crippen LogP contribution in [0.25, 0.3) is 0 Å². The molecule has 1 amide bonds. The Morgan fingerprint density at radius 2 is 1.64 bits per heavy atom. The number of piperazine rings is 1. The van der Waals surface area contributed by atoms with Crippen LogP contribution in [0, 0.1) is 6.92 Å². The van der Waals surface area contributed by atoms with Gasteiger partial charge >= 0.3 is 5.97 Å². The van der Waals surface area contributed by atoms with Gasteiger partial charge in [-0.25, -0.2) is 9.78 Å². The number of pyridine rings is 1. The van der Waals surface area contributed by atoms with E-state index < -0.39 is 5.97 Å². The summed E-state index contributed by atoms with van der Waals surface area (Å²) in [5.74, 6) is -0.179. The zero-order valence-corrected chi connectivity index (χ0v) is 18.6.